The molecule has 4 aromatic heterocycles. The Hall–Kier alpha value is -4.86. The summed E-state index contributed by atoms with van der Waals surface area (Å²) in [7, 11) is 1.65. The molecule has 1 saturated heterocycles. The van der Waals surface area contributed by atoms with E-state index in [1.165, 1.54) is 0 Å². The fourth-order valence-corrected chi connectivity index (χ4v) is 4.02. The smallest absolute Gasteiger partial charge is 0.490 e. The maximum absolute atomic E-state index is 10.6. The van der Waals surface area contributed by atoms with Gasteiger partial charge in [-0.2, -0.15) is 23.1 Å². The van der Waals surface area contributed by atoms with E-state index in [1.807, 2.05) is 28.8 Å². The minimum absolute atomic E-state index is 0.461. The molecule has 0 aliphatic carbocycles. The van der Waals surface area contributed by atoms with E-state index in [0.29, 0.717) is 23.8 Å². The molecule has 4 N–H and O–H groups in total. The van der Waals surface area contributed by atoms with Crippen LogP contribution in [0.25, 0.3) is 27.9 Å². The molecule has 210 valence electrons. The van der Waals surface area contributed by atoms with E-state index < -0.39 is 12.1 Å². The number of alkyl halides is 3. The van der Waals surface area contributed by atoms with Crippen LogP contribution in [0.3, 0.4) is 0 Å². The number of piperazine rings is 1. The number of rotatable bonds is 6. The lowest BCUT2D eigenvalue weighted by Crippen LogP contribution is -2.44. The predicted molar refractivity (Wildman–Crippen MR) is 138 cm³/mol. The molecule has 5 aromatic rings. The Morgan fingerprint density at radius 3 is 2.65 bits per heavy atom. The molecule has 0 bridgehead atoms. The van der Waals surface area contributed by atoms with Gasteiger partial charge in [0.15, 0.2) is 17.0 Å². The van der Waals surface area contributed by atoms with Crippen LogP contribution in [-0.2, 0) is 11.3 Å². The Morgan fingerprint density at radius 1 is 1.20 bits per heavy atom. The minimum atomic E-state index is -5.08. The quantitative estimate of drug-likeness (QED) is 0.242. The third kappa shape index (κ3) is 5.75. The van der Waals surface area contributed by atoms with Gasteiger partial charge in [0.25, 0.3) is 0 Å². The summed E-state index contributed by atoms with van der Waals surface area (Å²) < 4.78 is 44.2. The molecular formula is C24H24F3N9O4. The van der Waals surface area contributed by atoms with E-state index in [1.54, 1.807) is 26.0 Å². The van der Waals surface area contributed by atoms with Crippen molar-refractivity contribution in [3.05, 3.63) is 48.9 Å². The molecule has 40 heavy (non-hydrogen) atoms. The molecular weight excluding hydrogens is 535 g/mol. The van der Waals surface area contributed by atoms with Gasteiger partial charge in [0.1, 0.15) is 24.2 Å². The van der Waals surface area contributed by atoms with Crippen LogP contribution in [0.5, 0.6) is 5.75 Å². The minimum Gasteiger partial charge on any atom is -0.497 e. The summed E-state index contributed by atoms with van der Waals surface area (Å²) in [6.07, 6.45) is -0.0385. The van der Waals surface area contributed by atoms with Crippen LogP contribution in [0.1, 0.15) is 5.82 Å². The normalized spacial score (nSPS) is 13.8. The zero-order chi connectivity index (χ0) is 28.3. The maximum Gasteiger partial charge on any atom is 0.490 e. The van der Waals surface area contributed by atoms with Crippen molar-refractivity contribution in [1.29, 1.82) is 0 Å². The second kappa shape index (κ2) is 11.1. The first-order chi connectivity index (χ1) is 19.2. The number of halogens is 3. The number of aromatic nitrogens is 6. The van der Waals surface area contributed by atoms with Crippen LogP contribution in [0.15, 0.2) is 47.5 Å². The molecule has 6 rings (SSSR count). The van der Waals surface area contributed by atoms with Gasteiger partial charge >= 0.3 is 12.1 Å². The largest absolute Gasteiger partial charge is 0.497 e. The number of ether oxygens (including phenoxy) is 1. The monoisotopic (exact) mass is 559 g/mol. The first-order valence-electron chi connectivity index (χ1n) is 12.0. The number of H-pyrrole nitrogens is 1. The number of fused-ring (bicyclic) bond motifs is 2. The summed E-state index contributed by atoms with van der Waals surface area (Å²) in [5, 5.41) is 13.9. The number of imidazole rings is 2. The van der Waals surface area contributed by atoms with Crippen molar-refractivity contribution in [2.75, 3.05) is 43.5 Å². The standard InChI is InChI=1S/C22H23N9O2.C2HF3O2/c1-32-15-2-3-16-17(10-15)27-18(26-16)11-24-20-19-21(31(13-25-19)14-4-9-33-12-14)29-22(28-20)30-7-5-23-6-8-30;3-2(4,5)1(6)7/h2-4,9-10,12-13,23H,5-8,11H2,1H3,(H,26,27)(H,24,28,29);(H,6,7). The van der Waals surface area contributed by atoms with Gasteiger partial charge in [0.05, 0.1) is 36.6 Å². The number of carboxylic acids is 1. The van der Waals surface area contributed by atoms with Crippen molar-refractivity contribution in [2.24, 2.45) is 0 Å². The van der Waals surface area contributed by atoms with Gasteiger partial charge in [0, 0.05) is 38.3 Å². The van der Waals surface area contributed by atoms with Crippen molar-refractivity contribution in [3.63, 3.8) is 0 Å². The lowest BCUT2D eigenvalue weighted by molar-refractivity contribution is -0.192. The number of carbonyl (C=O) groups is 1. The molecule has 0 saturated carbocycles. The van der Waals surface area contributed by atoms with E-state index in [2.05, 4.69) is 30.5 Å². The highest BCUT2D eigenvalue weighted by Crippen LogP contribution is 2.26. The van der Waals surface area contributed by atoms with Gasteiger partial charge in [0.2, 0.25) is 5.95 Å². The third-order valence-electron chi connectivity index (χ3n) is 5.97. The molecule has 5 heterocycles. The van der Waals surface area contributed by atoms with Crippen LogP contribution in [0, 0.1) is 0 Å². The van der Waals surface area contributed by atoms with E-state index in [-0.39, 0.29) is 0 Å². The molecule has 16 heteroatoms. The molecule has 13 nitrogen and oxygen atoms in total. The van der Waals surface area contributed by atoms with Crippen LogP contribution >= 0.6 is 0 Å². The topological polar surface area (TPSA) is 159 Å². The number of carboxylic acid groups (broad SMARTS) is 1. The first kappa shape index (κ1) is 26.7. The van der Waals surface area contributed by atoms with Gasteiger partial charge in [-0.15, -0.1) is 0 Å². The third-order valence-corrected chi connectivity index (χ3v) is 5.97. The number of hydrogen-bond acceptors (Lipinski definition) is 10. The second-order valence-electron chi connectivity index (χ2n) is 8.60. The number of nitrogens with zero attached hydrogens (tertiary/aromatic N) is 6. The molecule has 0 radical (unpaired) electrons. The van der Waals surface area contributed by atoms with Gasteiger partial charge < -0.3 is 34.8 Å². The highest BCUT2D eigenvalue weighted by atomic mass is 19.4. The van der Waals surface area contributed by atoms with Gasteiger partial charge in [-0.1, -0.05) is 0 Å². The van der Waals surface area contributed by atoms with Crippen LogP contribution in [0.4, 0.5) is 24.9 Å². The summed E-state index contributed by atoms with van der Waals surface area (Å²) in [5.74, 6) is 0.157. The average molecular weight is 560 g/mol. The lowest BCUT2D eigenvalue weighted by atomic mass is 10.3. The Morgan fingerprint density at radius 2 is 1.98 bits per heavy atom. The van der Waals surface area contributed by atoms with Crippen LogP contribution in [0.2, 0.25) is 0 Å². The Balaban J connectivity index is 0.000000411. The molecule has 1 aliphatic heterocycles. The average Bonchev–Trinajstić information content (AvgIpc) is 3.71. The molecule has 1 fully saturated rings. The number of hydrogen-bond donors (Lipinski definition) is 4. The van der Waals surface area contributed by atoms with Crippen molar-refractivity contribution < 1.29 is 32.2 Å². The number of benzene rings is 1. The van der Waals surface area contributed by atoms with Crippen molar-refractivity contribution in [3.8, 4) is 11.4 Å². The number of aromatic amines is 1. The Labute approximate surface area is 224 Å². The van der Waals surface area contributed by atoms with E-state index >= 15 is 0 Å². The Bertz CT molecular complexity index is 1610. The summed E-state index contributed by atoms with van der Waals surface area (Å²) >= 11 is 0. The fourth-order valence-electron chi connectivity index (χ4n) is 4.02. The summed E-state index contributed by atoms with van der Waals surface area (Å²) in [6, 6.07) is 7.65. The predicted octanol–water partition coefficient (Wildman–Crippen LogP) is 2.95. The number of methoxy groups -OCH3 is 1. The number of aliphatic carboxylic acids is 1. The number of nitrogens with one attached hydrogen (secondary N) is 3. The zero-order valence-corrected chi connectivity index (χ0v) is 21.1. The highest BCUT2D eigenvalue weighted by Gasteiger charge is 2.38. The SMILES string of the molecule is COc1ccc2nc(CNc3nc(N4CCNCC4)nc4c3ncn4-c3ccoc3)[nH]c2c1.O=C(O)C(F)(F)F. The van der Waals surface area contributed by atoms with Gasteiger partial charge in [-0.25, -0.2) is 14.8 Å². The number of furan rings is 1. The van der Waals surface area contributed by atoms with E-state index in [4.69, 9.17) is 29.0 Å². The lowest BCUT2D eigenvalue weighted by Gasteiger charge is -2.27. The summed E-state index contributed by atoms with van der Waals surface area (Å²) in [6.45, 7) is 3.94. The molecule has 0 atom stereocenters. The van der Waals surface area contributed by atoms with Crippen molar-refractivity contribution in [1.82, 2.24) is 34.8 Å². The molecule has 0 unspecified atom stereocenters. The molecule has 0 amide bonds. The Kier molecular flexibility index (Phi) is 7.41. The molecule has 1 aromatic carbocycles. The zero-order valence-electron chi connectivity index (χ0n) is 21.1. The van der Waals surface area contributed by atoms with Crippen LogP contribution < -0.4 is 20.3 Å². The molecule has 1 aliphatic rings. The second-order valence-corrected chi connectivity index (χ2v) is 8.60. The van der Waals surface area contributed by atoms with Crippen molar-refractivity contribution in [2.45, 2.75) is 12.7 Å². The first-order valence-corrected chi connectivity index (χ1v) is 12.0. The maximum atomic E-state index is 10.6. The number of anilines is 2. The summed E-state index contributed by atoms with van der Waals surface area (Å²) in [4.78, 5) is 33.4. The van der Waals surface area contributed by atoms with Crippen molar-refractivity contribution >= 4 is 39.9 Å². The fraction of sp³-hybridized carbons (Fsp3) is 0.292. The highest BCUT2D eigenvalue weighted by molar-refractivity contribution is 5.85. The molecule has 0 spiro atoms. The summed E-state index contributed by atoms with van der Waals surface area (Å²) in [5.41, 5.74) is 4.07. The van der Waals surface area contributed by atoms with Gasteiger partial charge in [-0.3, -0.25) is 4.57 Å². The van der Waals surface area contributed by atoms with E-state index in [0.717, 1.165) is 60.1 Å². The van der Waals surface area contributed by atoms with E-state index in [9.17, 15) is 13.2 Å². The van der Waals surface area contributed by atoms with Crippen LogP contribution in [-0.4, -0.2) is 80.0 Å². The van der Waals surface area contributed by atoms with Gasteiger partial charge in [-0.05, 0) is 12.1 Å².